The van der Waals surface area contributed by atoms with Gasteiger partial charge in [-0.05, 0) is 43.2 Å². The Hall–Kier alpha value is -1.99. The summed E-state index contributed by atoms with van der Waals surface area (Å²) in [7, 11) is 0. The lowest BCUT2D eigenvalue weighted by molar-refractivity contribution is -0.134. The highest BCUT2D eigenvalue weighted by atomic mass is 79.9. The molecule has 4 nitrogen and oxygen atoms in total. The Labute approximate surface area is 162 Å². The molecule has 0 spiro atoms. The number of hydrogen-bond donors (Lipinski definition) is 0. The van der Waals surface area contributed by atoms with Crippen molar-refractivity contribution >= 4 is 43.4 Å². The van der Waals surface area contributed by atoms with Crippen molar-refractivity contribution in [2.24, 2.45) is 0 Å². The fourth-order valence-electron chi connectivity index (χ4n) is 3.17. The smallest absolute Gasteiger partial charge is 0.261 e. The number of aromatic nitrogens is 1. The van der Waals surface area contributed by atoms with Crippen molar-refractivity contribution in [1.82, 2.24) is 9.88 Å². The van der Waals surface area contributed by atoms with E-state index in [-0.39, 0.29) is 24.3 Å². The molecular weight excluding hydrogens is 419 g/mol. The van der Waals surface area contributed by atoms with E-state index >= 15 is 0 Å². The molecule has 3 aromatic rings. The van der Waals surface area contributed by atoms with Gasteiger partial charge in [-0.3, -0.25) is 4.79 Å². The zero-order valence-electron chi connectivity index (χ0n) is 13.8. The van der Waals surface area contributed by atoms with Crippen LogP contribution in [0.4, 0.5) is 4.39 Å². The van der Waals surface area contributed by atoms with Gasteiger partial charge in [0.15, 0.2) is 18.2 Å². The van der Waals surface area contributed by atoms with Crippen LogP contribution in [-0.2, 0) is 4.79 Å². The molecule has 0 bridgehead atoms. The summed E-state index contributed by atoms with van der Waals surface area (Å²) >= 11 is 4.83. The zero-order chi connectivity index (χ0) is 18.1. The topological polar surface area (TPSA) is 42.4 Å². The SMILES string of the molecule is O=C(COc1ccc(Br)cc1F)N1CCCC1c1nc2ccccc2s1. The normalized spacial score (nSPS) is 17.0. The molecule has 1 unspecified atom stereocenters. The van der Waals surface area contributed by atoms with Crippen LogP contribution in [-0.4, -0.2) is 28.9 Å². The van der Waals surface area contributed by atoms with Crippen molar-refractivity contribution in [3.05, 3.63) is 57.8 Å². The molecule has 0 saturated carbocycles. The van der Waals surface area contributed by atoms with E-state index in [9.17, 15) is 9.18 Å². The summed E-state index contributed by atoms with van der Waals surface area (Å²) in [5, 5.41) is 0.951. The van der Waals surface area contributed by atoms with Crippen LogP contribution in [0.3, 0.4) is 0 Å². The number of ether oxygens (including phenoxy) is 1. The Morgan fingerprint density at radius 3 is 3.00 bits per heavy atom. The summed E-state index contributed by atoms with van der Waals surface area (Å²) in [6.45, 7) is 0.492. The van der Waals surface area contributed by atoms with Gasteiger partial charge in [0.2, 0.25) is 0 Å². The summed E-state index contributed by atoms with van der Waals surface area (Å²) in [6.07, 6.45) is 1.82. The average molecular weight is 435 g/mol. The molecule has 0 aliphatic carbocycles. The Morgan fingerprint density at radius 2 is 2.19 bits per heavy atom. The lowest BCUT2D eigenvalue weighted by Gasteiger charge is -2.23. The fourth-order valence-corrected chi connectivity index (χ4v) is 4.62. The predicted molar refractivity (Wildman–Crippen MR) is 103 cm³/mol. The minimum absolute atomic E-state index is 0.0294. The average Bonchev–Trinajstić information content (AvgIpc) is 3.27. The second-order valence-corrected chi connectivity index (χ2v) is 8.11. The Morgan fingerprint density at radius 1 is 1.35 bits per heavy atom. The number of fused-ring (bicyclic) bond motifs is 1. The highest BCUT2D eigenvalue weighted by Gasteiger charge is 2.32. The molecular formula is C19H16BrFN2O2S. The van der Waals surface area contributed by atoms with Crippen molar-refractivity contribution in [3.8, 4) is 5.75 Å². The van der Waals surface area contributed by atoms with E-state index in [1.807, 2.05) is 24.3 Å². The first kappa shape index (κ1) is 17.4. The van der Waals surface area contributed by atoms with Crippen molar-refractivity contribution in [2.45, 2.75) is 18.9 Å². The Kier molecular flexibility index (Phi) is 4.91. The molecule has 1 amide bonds. The highest BCUT2D eigenvalue weighted by molar-refractivity contribution is 9.10. The molecule has 2 heterocycles. The Balaban J connectivity index is 1.48. The van der Waals surface area contributed by atoms with Crippen LogP contribution in [0.1, 0.15) is 23.9 Å². The van der Waals surface area contributed by atoms with Crippen LogP contribution in [0.15, 0.2) is 46.9 Å². The number of carbonyl (C=O) groups is 1. The summed E-state index contributed by atoms with van der Waals surface area (Å²) in [4.78, 5) is 19.1. The standard InChI is InChI=1S/C19H16BrFN2O2S/c20-12-7-8-16(13(21)10-12)25-11-18(24)23-9-3-5-15(23)19-22-14-4-1-2-6-17(14)26-19/h1-2,4,6-8,10,15H,3,5,9,11H2. The van der Waals surface area contributed by atoms with Gasteiger partial charge < -0.3 is 9.64 Å². The molecule has 1 atom stereocenters. The number of amides is 1. The van der Waals surface area contributed by atoms with Crippen LogP contribution >= 0.6 is 27.3 Å². The number of carbonyl (C=O) groups excluding carboxylic acids is 1. The quantitative estimate of drug-likeness (QED) is 0.583. The van der Waals surface area contributed by atoms with E-state index in [1.165, 1.54) is 12.1 Å². The van der Waals surface area contributed by atoms with E-state index in [2.05, 4.69) is 20.9 Å². The van der Waals surface area contributed by atoms with Gasteiger partial charge in [0, 0.05) is 11.0 Å². The number of likely N-dealkylation sites (tertiary alicyclic amines) is 1. The molecule has 4 rings (SSSR count). The largest absolute Gasteiger partial charge is 0.481 e. The lowest BCUT2D eigenvalue weighted by atomic mass is 10.2. The van der Waals surface area contributed by atoms with Crippen LogP contribution in [0, 0.1) is 5.82 Å². The maximum absolute atomic E-state index is 13.8. The van der Waals surface area contributed by atoms with E-state index in [4.69, 9.17) is 4.74 Å². The zero-order valence-corrected chi connectivity index (χ0v) is 16.2. The van der Waals surface area contributed by atoms with Gasteiger partial charge in [0.1, 0.15) is 5.01 Å². The molecule has 2 aromatic carbocycles. The third-order valence-corrected chi connectivity index (χ3v) is 6.04. The second-order valence-electron chi connectivity index (χ2n) is 6.13. The molecule has 0 radical (unpaired) electrons. The summed E-state index contributed by atoms with van der Waals surface area (Å²) < 4.78 is 21.0. The van der Waals surface area contributed by atoms with Crippen LogP contribution < -0.4 is 4.74 Å². The summed E-state index contributed by atoms with van der Waals surface area (Å²) in [5.41, 5.74) is 0.958. The maximum Gasteiger partial charge on any atom is 0.261 e. The molecule has 0 N–H and O–H groups in total. The van der Waals surface area contributed by atoms with Gasteiger partial charge in [-0.15, -0.1) is 11.3 Å². The van der Waals surface area contributed by atoms with Gasteiger partial charge >= 0.3 is 0 Å². The first-order valence-corrected chi connectivity index (χ1v) is 9.95. The highest BCUT2D eigenvalue weighted by Crippen LogP contribution is 2.36. The van der Waals surface area contributed by atoms with E-state index in [0.29, 0.717) is 11.0 Å². The molecule has 1 aliphatic heterocycles. The van der Waals surface area contributed by atoms with Crippen molar-refractivity contribution in [1.29, 1.82) is 0 Å². The first-order valence-electron chi connectivity index (χ1n) is 8.34. The van der Waals surface area contributed by atoms with E-state index in [1.54, 1.807) is 22.3 Å². The van der Waals surface area contributed by atoms with E-state index < -0.39 is 5.82 Å². The number of nitrogens with zero attached hydrogens (tertiary/aromatic N) is 2. The molecule has 1 aliphatic rings. The third-order valence-electron chi connectivity index (χ3n) is 4.41. The molecule has 1 aromatic heterocycles. The Bertz CT molecular complexity index is 929. The maximum atomic E-state index is 13.8. The molecule has 1 saturated heterocycles. The predicted octanol–water partition coefficient (Wildman–Crippen LogP) is 4.94. The number of hydrogen-bond acceptors (Lipinski definition) is 4. The van der Waals surface area contributed by atoms with E-state index in [0.717, 1.165) is 28.1 Å². The number of rotatable bonds is 4. The molecule has 7 heteroatoms. The second kappa shape index (κ2) is 7.32. The van der Waals surface area contributed by atoms with Gasteiger partial charge in [0.25, 0.3) is 5.91 Å². The first-order chi connectivity index (χ1) is 12.6. The van der Waals surface area contributed by atoms with Crippen LogP contribution in [0.25, 0.3) is 10.2 Å². The third kappa shape index (κ3) is 3.46. The fraction of sp³-hybridized carbons (Fsp3) is 0.263. The van der Waals surface area contributed by atoms with Crippen LogP contribution in [0.2, 0.25) is 0 Å². The number of thiazole rings is 1. The van der Waals surface area contributed by atoms with Crippen molar-refractivity contribution < 1.29 is 13.9 Å². The van der Waals surface area contributed by atoms with Gasteiger partial charge in [0.05, 0.1) is 16.3 Å². The van der Waals surface area contributed by atoms with Gasteiger partial charge in [-0.25, -0.2) is 9.37 Å². The summed E-state index contributed by atoms with van der Waals surface area (Å²) in [6, 6.07) is 12.5. The minimum Gasteiger partial charge on any atom is -0.481 e. The lowest BCUT2D eigenvalue weighted by Crippen LogP contribution is -2.34. The molecule has 134 valence electrons. The van der Waals surface area contributed by atoms with Gasteiger partial charge in [-0.1, -0.05) is 28.1 Å². The number of benzene rings is 2. The van der Waals surface area contributed by atoms with Crippen molar-refractivity contribution in [2.75, 3.05) is 13.2 Å². The number of halogens is 2. The van der Waals surface area contributed by atoms with Crippen LogP contribution in [0.5, 0.6) is 5.75 Å². The molecule has 1 fully saturated rings. The summed E-state index contributed by atoms with van der Waals surface area (Å²) in [5.74, 6) is -0.553. The minimum atomic E-state index is -0.490. The molecule has 26 heavy (non-hydrogen) atoms. The van der Waals surface area contributed by atoms with Crippen molar-refractivity contribution in [3.63, 3.8) is 0 Å². The number of para-hydroxylation sites is 1. The monoisotopic (exact) mass is 434 g/mol. The van der Waals surface area contributed by atoms with Gasteiger partial charge in [-0.2, -0.15) is 0 Å².